The molecule has 0 radical (unpaired) electrons. The van der Waals surface area contributed by atoms with E-state index in [2.05, 4.69) is 4.98 Å². The van der Waals surface area contributed by atoms with Crippen LogP contribution in [-0.4, -0.2) is 45.2 Å². The molecule has 31 heavy (non-hydrogen) atoms. The van der Waals surface area contributed by atoms with Crippen LogP contribution in [0, 0.1) is 11.3 Å². The van der Waals surface area contributed by atoms with E-state index in [9.17, 15) is 22.8 Å². The number of benzene rings is 1. The fourth-order valence-electron chi connectivity index (χ4n) is 3.40. The summed E-state index contributed by atoms with van der Waals surface area (Å²) in [4.78, 5) is 28.7. The molecule has 0 bridgehead atoms. The molecule has 2 heterocycles. The lowest BCUT2D eigenvalue weighted by Gasteiger charge is -2.30. The molecule has 1 amide bonds. The third-order valence-corrected chi connectivity index (χ3v) is 6.90. The van der Waals surface area contributed by atoms with Crippen molar-refractivity contribution >= 4 is 35.0 Å². The largest absolute Gasteiger partial charge is 0.476 e. The quantitative estimate of drug-likeness (QED) is 0.594. The second-order valence-electron chi connectivity index (χ2n) is 6.79. The summed E-state index contributed by atoms with van der Waals surface area (Å²) in [5.41, 5.74) is 4.87. The Bertz CT molecular complexity index is 1040. The lowest BCUT2D eigenvalue weighted by molar-refractivity contribution is -0.138. The molecule has 2 aromatic rings. The molecule has 3 rings (SSSR count). The van der Waals surface area contributed by atoms with Gasteiger partial charge in [-0.2, -0.15) is 18.4 Å². The summed E-state index contributed by atoms with van der Waals surface area (Å²) in [5, 5.41) is 19.3. The van der Waals surface area contributed by atoms with Gasteiger partial charge in [-0.3, -0.25) is 4.79 Å². The van der Waals surface area contributed by atoms with Crippen LogP contribution in [0.15, 0.2) is 27.9 Å². The smallest absolute Gasteiger partial charge is 0.417 e. The van der Waals surface area contributed by atoms with E-state index in [0.717, 1.165) is 12.1 Å². The summed E-state index contributed by atoms with van der Waals surface area (Å²) in [6.07, 6.45) is -4.04. The van der Waals surface area contributed by atoms with Crippen molar-refractivity contribution in [2.75, 3.05) is 12.3 Å². The number of nitrogens with zero attached hydrogens (tertiary/aromatic N) is 3. The number of likely N-dealkylation sites (tertiary alicyclic amines) is 1. The topological polar surface area (TPSA) is 120 Å². The standard InChI is InChI=1S/C19H17F3N4O3S2/c20-19(21,22)12-7-10(1-2-11(12)8-23)16(24)14-3-4-15(27)26(14)5-6-30-18-25-13(9-31-18)17(28)29/h1-2,7,9,14,16H,3-6,24H2,(H,28,29)/t14-,16?/m1/s1. The van der Waals surface area contributed by atoms with Crippen LogP contribution in [0.5, 0.6) is 0 Å². The van der Waals surface area contributed by atoms with Crippen molar-refractivity contribution in [3.63, 3.8) is 0 Å². The number of thioether (sulfide) groups is 1. The summed E-state index contributed by atoms with van der Waals surface area (Å²) in [7, 11) is 0. The highest BCUT2D eigenvalue weighted by molar-refractivity contribution is 8.01. The maximum atomic E-state index is 13.3. The molecule has 0 saturated carbocycles. The minimum absolute atomic E-state index is 0.0501. The zero-order chi connectivity index (χ0) is 22.8. The number of hydrogen-bond donors (Lipinski definition) is 2. The number of aromatic carboxylic acids is 1. The third-order valence-electron chi connectivity index (χ3n) is 4.90. The Morgan fingerprint density at radius 2 is 2.23 bits per heavy atom. The van der Waals surface area contributed by atoms with Crippen LogP contribution in [0.3, 0.4) is 0 Å². The molecule has 1 aliphatic heterocycles. The maximum Gasteiger partial charge on any atom is 0.417 e. The second kappa shape index (κ2) is 9.25. The zero-order valence-corrected chi connectivity index (χ0v) is 17.6. The molecule has 2 atom stereocenters. The Morgan fingerprint density at radius 1 is 1.48 bits per heavy atom. The van der Waals surface area contributed by atoms with E-state index < -0.39 is 35.4 Å². The fourth-order valence-corrected chi connectivity index (χ4v) is 5.21. The Labute approximate surface area is 183 Å². The molecule has 1 fully saturated rings. The Hall–Kier alpha value is -2.62. The molecule has 1 unspecified atom stereocenters. The first-order valence-corrected chi connectivity index (χ1v) is 11.0. The Kier molecular flexibility index (Phi) is 6.88. The van der Waals surface area contributed by atoms with Gasteiger partial charge in [0.2, 0.25) is 5.91 Å². The molecule has 1 aromatic heterocycles. The second-order valence-corrected chi connectivity index (χ2v) is 8.99. The summed E-state index contributed by atoms with van der Waals surface area (Å²) in [6, 6.07) is 3.57. The Balaban J connectivity index is 1.71. The molecule has 1 aromatic carbocycles. The predicted molar refractivity (Wildman–Crippen MR) is 108 cm³/mol. The average molecular weight is 470 g/mol. The molecule has 1 aliphatic rings. The molecule has 3 N–H and O–H groups in total. The molecule has 0 aliphatic carbocycles. The van der Waals surface area contributed by atoms with Gasteiger partial charge in [-0.1, -0.05) is 17.8 Å². The van der Waals surface area contributed by atoms with Crippen LogP contribution in [0.1, 0.15) is 46.1 Å². The summed E-state index contributed by atoms with van der Waals surface area (Å²) >= 11 is 2.47. The van der Waals surface area contributed by atoms with Gasteiger partial charge in [0, 0.05) is 24.1 Å². The highest BCUT2D eigenvalue weighted by Gasteiger charge is 2.38. The van der Waals surface area contributed by atoms with Crippen molar-refractivity contribution in [3.05, 3.63) is 46.0 Å². The van der Waals surface area contributed by atoms with Crippen LogP contribution >= 0.6 is 23.1 Å². The van der Waals surface area contributed by atoms with E-state index in [0.29, 0.717) is 23.1 Å². The number of thiazole rings is 1. The van der Waals surface area contributed by atoms with Crippen LogP contribution in [-0.2, 0) is 11.0 Å². The maximum absolute atomic E-state index is 13.3. The van der Waals surface area contributed by atoms with Crippen LogP contribution in [0.25, 0.3) is 0 Å². The predicted octanol–water partition coefficient (Wildman–Crippen LogP) is 3.51. The molecular formula is C19H17F3N4O3S2. The molecular weight excluding hydrogens is 453 g/mol. The van der Waals surface area contributed by atoms with Crippen molar-refractivity contribution in [2.45, 2.75) is 35.4 Å². The first-order valence-electron chi connectivity index (χ1n) is 9.09. The van der Waals surface area contributed by atoms with E-state index in [4.69, 9.17) is 16.1 Å². The van der Waals surface area contributed by atoms with Crippen LogP contribution in [0.2, 0.25) is 0 Å². The van der Waals surface area contributed by atoms with Crippen LogP contribution < -0.4 is 5.73 Å². The van der Waals surface area contributed by atoms with E-state index in [-0.39, 0.29) is 23.6 Å². The monoisotopic (exact) mass is 470 g/mol. The fraction of sp³-hybridized carbons (Fsp3) is 0.368. The third kappa shape index (κ3) is 5.17. The number of carboxylic acids is 1. The van der Waals surface area contributed by atoms with Gasteiger partial charge in [-0.15, -0.1) is 11.3 Å². The highest BCUT2D eigenvalue weighted by Crippen LogP contribution is 2.36. The molecule has 164 valence electrons. The van der Waals surface area contributed by atoms with Crippen LogP contribution in [0.4, 0.5) is 13.2 Å². The van der Waals surface area contributed by atoms with Gasteiger partial charge in [0.05, 0.1) is 29.3 Å². The van der Waals surface area contributed by atoms with E-state index in [1.54, 1.807) is 4.90 Å². The van der Waals surface area contributed by atoms with Crippen molar-refractivity contribution in [2.24, 2.45) is 5.73 Å². The number of carbonyl (C=O) groups excluding carboxylic acids is 1. The first-order chi connectivity index (χ1) is 14.6. The molecule has 7 nitrogen and oxygen atoms in total. The van der Waals surface area contributed by atoms with Gasteiger partial charge in [-0.05, 0) is 24.1 Å². The van der Waals surface area contributed by atoms with Gasteiger partial charge in [0.25, 0.3) is 0 Å². The van der Waals surface area contributed by atoms with Crippen molar-refractivity contribution in [1.82, 2.24) is 9.88 Å². The van der Waals surface area contributed by atoms with Crippen molar-refractivity contribution in [3.8, 4) is 6.07 Å². The first kappa shape index (κ1) is 23.1. The number of halogens is 3. The van der Waals surface area contributed by atoms with E-state index in [1.807, 2.05) is 0 Å². The number of carbonyl (C=O) groups is 2. The number of nitrogens with two attached hydrogens (primary N) is 1. The van der Waals surface area contributed by atoms with Gasteiger partial charge in [0.15, 0.2) is 10.0 Å². The zero-order valence-electron chi connectivity index (χ0n) is 15.9. The van der Waals surface area contributed by atoms with Gasteiger partial charge < -0.3 is 15.7 Å². The highest BCUT2D eigenvalue weighted by atomic mass is 32.2. The molecule has 1 saturated heterocycles. The number of amides is 1. The minimum atomic E-state index is -4.69. The molecule has 12 heteroatoms. The molecule has 0 spiro atoms. The Morgan fingerprint density at radius 3 is 2.84 bits per heavy atom. The van der Waals surface area contributed by atoms with Crippen molar-refractivity contribution < 1.29 is 27.9 Å². The lowest BCUT2D eigenvalue weighted by Crippen LogP contribution is -2.41. The average Bonchev–Trinajstić information content (AvgIpc) is 3.34. The van der Waals surface area contributed by atoms with Gasteiger partial charge in [0.1, 0.15) is 0 Å². The number of nitriles is 1. The SMILES string of the molecule is N#Cc1ccc(C(N)[C@H]2CCC(=O)N2CCSc2nc(C(=O)O)cs2)cc1C(F)(F)F. The summed E-state index contributed by atoms with van der Waals surface area (Å²) < 4.78 is 40.4. The number of alkyl halides is 3. The minimum Gasteiger partial charge on any atom is -0.476 e. The summed E-state index contributed by atoms with van der Waals surface area (Å²) in [6.45, 7) is 0.298. The number of rotatable bonds is 7. The number of aromatic nitrogens is 1. The number of hydrogen-bond acceptors (Lipinski definition) is 7. The van der Waals surface area contributed by atoms with E-state index in [1.165, 1.54) is 40.6 Å². The lowest BCUT2D eigenvalue weighted by atomic mass is 9.94. The van der Waals surface area contributed by atoms with Gasteiger partial charge >= 0.3 is 12.1 Å². The van der Waals surface area contributed by atoms with Gasteiger partial charge in [-0.25, -0.2) is 9.78 Å². The van der Waals surface area contributed by atoms with Crippen molar-refractivity contribution in [1.29, 1.82) is 5.26 Å². The number of carboxylic acid groups (broad SMARTS) is 1. The van der Waals surface area contributed by atoms with E-state index >= 15 is 0 Å². The normalized spacial score (nSPS) is 17.6. The summed E-state index contributed by atoms with van der Waals surface area (Å²) in [5.74, 6) is -0.830.